The second-order valence-corrected chi connectivity index (χ2v) is 5.15. The topological polar surface area (TPSA) is 62.1 Å². The van der Waals surface area contributed by atoms with Gasteiger partial charge in [-0.1, -0.05) is 36.4 Å². The lowest BCUT2D eigenvalue weighted by molar-refractivity contribution is 0.583. The van der Waals surface area contributed by atoms with Crippen molar-refractivity contribution in [1.29, 1.82) is 0 Å². The van der Waals surface area contributed by atoms with Gasteiger partial charge in [0, 0.05) is 45.8 Å². The zero-order valence-corrected chi connectivity index (χ0v) is 12.6. The predicted molar refractivity (Wildman–Crippen MR) is 90.4 cm³/mol. The third-order valence-electron chi connectivity index (χ3n) is 3.42. The highest BCUT2D eigenvalue weighted by Crippen LogP contribution is 2.15. The maximum atomic E-state index is 5.41. The lowest BCUT2D eigenvalue weighted by Gasteiger charge is -2.08. The fourth-order valence-electron chi connectivity index (χ4n) is 2.29. The number of nitrogens with two attached hydrogens (primary N) is 1. The Morgan fingerprint density at radius 2 is 1.38 bits per heavy atom. The number of hydrogen-bond acceptors (Lipinski definition) is 4. The van der Waals surface area contributed by atoms with Crippen LogP contribution < -0.4 is 21.7 Å². The molecule has 0 saturated carbocycles. The summed E-state index contributed by atoms with van der Waals surface area (Å²) >= 11 is 0. The summed E-state index contributed by atoms with van der Waals surface area (Å²) in [6, 6.07) is 15.1. The van der Waals surface area contributed by atoms with Crippen LogP contribution in [0.1, 0.15) is 5.56 Å². The first kappa shape index (κ1) is 15.9. The second kappa shape index (κ2) is 9.47. The molecule has 114 valence electrons. The average Bonchev–Trinajstić information content (AvgIpc) is 2.53. The van der Waals surface area contributed by atoms with E-state index in [0.29, 0.717) is 6.54 Å². The second-order valence-electron chi connectivity index (χ2n) is 5.15. The zero-order chi connectivity index (χ0) is 14.8. The molecule has 0 saturated heterocycles. The van der Waals surface area contributed by atoms with E-state index in [-0.39, 0.29) is 0 Å². The number of fused-ring (bicyclic) bond motifs is 1. The van der Waals surface area contributed by atoms with Crippen molar-refractivity contribution in [2.75, 3.05) is 39.3 Å². The highest BCUT2D eigenvalue weighted by molar-refractivity contribution is 5.82. The summed E-state index contributed by atoms with van der Waals surface area (Å²) in [6.45, 7) is 6.42. The van der Waals surface area contributed by atoms with Gasteiger partial charge in [-0.2, -0.15) is 0 Å². The first-order valence-electron chi connectivity index (χ1n) is 7.70. The fraction of sp³-hybridized carbons (Fsp3) is 0.412. The van der Waals surface area contributed by atoms with Gasteiger partial charge in [0.2, 0.25) is 0 Å². The van der Waals surface area contributed by atoms with Crippen molar-refractivity contribution in [2.45, 2.75) is 6.54 Å². The molecule has 2 rings (SSSR count). The van der Waals surface area contributed by atoms with Crippen molar-refractivity contribution in [1.82, 2.24) is 16.0 Å². The molecule has 0 unspecified atom stereocenters. The molecule has 2 aromatic carbocycles. The van der Waals surface area contributed by atoms with Crippen LogP contribution in [0, 0.1) is 0 Å². The third kappa shape index (κ3) is 5.81. The Balaban J connectivity index is 1.59. The summed E-state index contributed by atoms with van der Waals surface area (Å²) in [6.07, 6.45) is 0. The van der Waals surface area contributed by atoms with Crippen LogP contribution in [0.5, 0.6) is 0 Å². The Labute approximate surface area is 127 Å². The highest BCUT2D eigenvalue weighted by Gasteiger charge is 1.96. The van der Waals surface area contributed by atoms with Gasteiger partial charge >= 0.3 is 0 Å². The van der Waals surface area contributed by atoms with Crippen LogP contribution in [0.4, 0.5) is 0 Å². The molecule has 0 aliphatic heterocycles. The van der Waals surface area contributed by atoms with Gasteiger partial charge in [-0.15, -0.1) is 0 Å². The summed E-state index contributed by atoms with van der Waals surface area (Å²) in [4.78, 5) is 0. The van der Waals surface area contributed by atoms with E-state index >= 15 is 0 Å². The van der Waals surface area contributed by atoms with Crippen molar-refractivity contribution < 1.29 is 0 Å². The van der Waals surface area contributed by atoms with Crippen molar-refractivity contribution >= 4 is 10.8 Å². The standard InChI is InChI=1S/C17H26N4/c18-7-8-19-9-10-20-11-12-21-14-15-5-6-16-3-1-2-4-17(16)13-15/h1-6,13,19-21H,7-12,14,18H2. The molecule has 4 nitrogen and oxygen atoms in total. The van der Waals surface area contributed by atoms with Crippen molar-refractivity contribution in [3.05, 3.63) is 48.0 Å². The van der Waals surface area contributed by atoms with Crippen molar-refractivity contribution in [3.8, 4) is 0 Å². The summed E-state index contributed by atoms with van der Waals surface area (Å²) in [7, 11) is 0. The van der Waals surface area contributed by atoms with Gasteiger partial charge in [0.15, 0.2) is 0 Å². The minimum absolute atomic E-state index is 0.702. The SMILES string of the molecule is NCCNCCNCCNCc1ccc2ccccc2c1. The number of benzene rings is 2. The first-order valence-corrected chi connectivity index (χ1v) is 7.70. The molecular formula is C17H26N4. The van der Waals surface area contributed by atoms with Gasteiger partial charge in [0.25, 0.3) is 0 Å². The zero-order valence-electron chi connectivity index (χ0n) is 12.6. The Morgan fingerprint density at radius 3 is 2.14 bits per heavy atom. The van der Waals surface area contributed by atoms with Crippen LogP contribution in [-0.4, -0.2) is 39.3 Å². The maximum Gasteiger partial charge on any atom is 0.0206 e. The lowest BCUT2D eigenvalue weighted by atomic mass is 10.1. The Bertz CT molecular complexity index is 527. The summed E-state index contributed by atoms with van der Waals surface area (Å²) < 4.78 is 0. The summed E-state index contributed by atoms with van der Waals surface area (Å²) in [5.74, 6) is 0. The minimum atomic E-state index is 0.702. The van der Waals surface area contributed by atoms with Crippen LogP contribution in [0.3, 0.4) is 0 Å². The summed E-state index contributed by atoms with van der Waals surface area (Å²) in [5, 5.41) is 12.7. The highest BCUT2D eigenvalue weighted by atomic mass is 15.0. The third-order valence-corrected chi connectivity index (χ3v) is 3.42. The molecule has 0 aromatic heterocycles. The molecule has 0 aliphatic rings. The predicted octanol–water partition coefficient (Wildman–Crippen LogP) is 1.07. The van der Waals surface area contributed by atoms with Crippen LogP contribution in [0.15, 0.2) is 42.5 Å². The van der Waals surface area contributed by atoms with Crippen LogP contribution >= 0.6 is 0 Å². The number of rotatable bonds is 10. The van der Waals surface area contributed by atoms with E-state index < -0.39 is 0 Å². The van der Waals surface area contributed by atoms with Gasteiger partial charge < -0.3 is 21.7 Å². The van der Waals surface area contributed by atoms with Crippen molar-refractivity contribution in [3.63, 3.8) is 0 Å². The Hall–Kier alpha value is -1.46. The van der Waals surface area contributed by atoms with Gasteiger partial charge in [-0.3, -0.25) is 0 Å². The van der Waals surface area contributed by atoms with E-state index in [0.717, 1.165) is 39.3 Å². The lowest BCUT2D eigenvalue weighted by Crippen LogP contribution is -2.34. The largest absolute Gasteiger partial charge is 0.329 e. The molecule has 21 heavy (non-hydrogen) atoms. The van der Waals surface area contributed by atoms with Gasteiger partial charge in [-0.05, 0) is 22.4 Å². The normalized spacial score (nSPS) is 11.1. The molecule has 0 aliphatic carbocycles. The number of nitrogens with one attached hydrogen (secondary N) is 3. The molecule has 0 radical (unpaired) electrons. The molecule has 0 bridgehead atoms. The quantitative estimate of drug-likeness (QED) is 0.493. The molecule has 0 fully saturated rings. The molecular weight excluding hydrogens is 260 g/mol. The first-order chi connectivity index (χ1) is 10.4. The minimum Gasteiger partial charge on any atom is -0.329 e. The van der Waals surface area contributed by atoms with E-state index in [2.05, 4.69) is 58.4 Å². The van der Waals surface area contributed by atoms with E-state index in [9.17, 15) is 0 Å². The summed E-state index contributed by atoms with van der Waals surface area (Å²) in [5.41, 5.74) is 6.74. The smallest absolute Gasteiger partial charge is 0.0206 e. The molecule has 0 amide bonds. The molecule has 0 heterocycles. The maximum absolute atomic E-state index is 5.41. The molecule has 2 aromatic rings. The van der Waals surface area contributed by atoms with E-state index in [1.807, 2.05) is 0 Å². The monoisotopic (exact) mass is 286 g/mol. The molecule has 5 N–H and O–H groups in total. The van der Waals surface area contributed by atoms with Crippen LogP contribution in [-0.2, 0) is 6.54 Å². The van der Waals surface area contributed by atoms with E-state index in [1.54, 1.807) is 0 Å². The molecule has 0 spiro atoms. The Morgan fingerprint density at radius 1 is 0.714 bits per heavy atom. The van der Waals surface area contributed by atoms with Gasteiger partial charge in [0.05, 0.1) is 0 Å². The van der Waals surface area contributed by atoms with E-state index in [4.69, 9.17) is 5.73 Å². The van der Waals surface area contributed by atoms with Gasteiger partial charge in [0.1, 0.15) is 0 Å². The fourth-order valence-corrected chi connectivity index (χ4v) is 2.29. The van der Waals surface area contributed by atoms with Gasteiger partial charge in [-0.25, -0.2) is 0 Å². The Kier molecular flexibility index (Phi) is 7.18. The number of hydrogen-bond donors (Lipinski definition) is 4. The average molecular weight is 286 g/mol. The van der Waals surface area contributed by atoms with Crippen molar-refractivity contribution in [2.24, 2.45) is 5.73 Å². The molecule has 4 heteroatoms. The van der Waals surface area contributed by atoms with Crippen LogP contribution in [0.2, 0.25) is 0 Å². The van der Waals surface area contributed by atoms with Crippen LogP contribution in [0.25, 0.3) is 10.8 Å². The van der Waals surface area contributed by atoms with E-state index in [1.165, 1.54) is 16.3 Å². The molecule has 0 atom stereocenters.